The predicted octanol–water partition coefficient (Wildman–Crippen LogP) is 4.39. The van der Waals surface area contributed by atoms with Gasteiger partial charge in [-0.15, -0.1) is 0 Å². The van der Waals surface area contributed by atoms with E-state index in [-0.39, 0.29) is 0 Å². The topological polar surface area (TPSA) is 0 Å². The van der Waals surface area contributed by atoms with Crippen molar-refractivity contribution in [3.05, 3.63) is 82.6 Å². The zero-order chi connectivity index (χ0) is 15.7. The minimum Gasteiger partial charge on any atom is -0.0776 e. The highest BCUT2D eigenvalue weighted by Gasteiger charge is 2.37. The molecule has 1 heteroatoms. The van der Waals surface area contributed by atoms with Crippen molar-refractivity contribution < 1.29 is 0 Å². The molecule has 2 aromatic rings. The maximum Gasteiger partial charge on any atom is 0.141 e. The van der Waals surface area contributed by atoms with Gasteiger partial charge in [-0.2, -0.15) is 0 Å². The van der Waals surface area contributed by atoms with E-state index >= 15 is 0 Å². The molecule has 1 atom stereocenters. The van der Waals surface area contributed by atoms with Gasteiger partial charge in [0.25, 0.3) is 0 Å². The van der Waals surface area contributed by atoms with Crippen LogP contribution in [-0.4, -0.2) is 8.07 Å². The highest BCUT2D eigenvalue weighted by atomic mass is 28.3. The van der Waals surface area contributed by atoms with E-state index in [4.69, 9.17) is 0 Å². The number of allylic oxidation sites excluding steroid dienone is 4. The van der Waals surface area contributed by atoms with Crippen molar-refractivity contribution in [2.45, 2.75) is 33.7 Å². The molecule has 0 saturated heterocycles. The quantitative estimate of drug-likeness (QED) is 0.738. The molecule has 112 valence electrons. The Bertz CT molecular complexity index is 735. The summed E-state index contributed by atoms with van der Waals surface area (Å²) in [5, 5.41) is 4.69. The van der Waals surface area contributed by atoms with Gasteiger partial charge in [0.1, 0.15) is 8.07 Å². The van der Waals surface area contributed by atoms with Crippen molar-refractivity contribution in [1.29, 1.82) is 0 Å². The van der Waals surface area contributed by atoms with Crippen LogP contribution in [0.15, 0.2) is 77.0 Å². The largest absolute Gasteiger partial charge is 0.141 e. The van der Waals surface area contributed by atoms with E-state index in [9.17, 15) is 0 Å². The van der Waals surface area contributed by atoms with Crippen molar-refractivity contribution in [3.63, 3.8) is 0 Å². The van der Waals surface area contributed by atoms with Crippen LogP contribution < -0.4 is 10.4 Å². The Hall–Kier alpha value is -1.86. The average molecular weight is 305 g/mol. The van der Waals surface area contributed by atoms with E-state index in [1.165, 1.54) is 27.1 Å². The number of hydrogen-bond donors (Lipinski definition) is 0. The molecular weight excluding hydrogens is 280 g/mol. The molecule has 0 amide bonds. The molecule has 0 aliphatic heterocycles. The van der Waals surface area contributed by atoms with Gasteiger partial charge < -0.3 is 0 Å². The van der Waals surface area contributed by atoms with Crippen LogP contribution in [-0.2, 0) is 0 Å². The maximum atomic E-state index is 2.51. The van der Waals surface area contributed by atoms with Crippen LogP contribution in [0.1, 0.15) is 25.8 Å². The van der Waals surface area contributed by atoms with Gasteiger partial charge in [0.15, 0.2) is 0 Å². The minimum absolute atomic E-state index is 1.11. The number of benzene rings is 2. The highest BCUT2D eigenvalue weighted by molar-refractivity contribution is 7.06. The molecule has 0 saturated carbocycles. The predicted molar refractivity (Wildman–Crippen MR) is 99.6 cm³/mol. The number of hydrogen-bond acceptors (Lipinski definition) is 0. The number of aryl methyl sites for hydroxylation is 1. The molecule has 0 N–H and O–H groups in total. The molecule has 0 bridgehead atoms. The van der Waals surface area contributed by atoms with Gasteiger partial charge in [-0.25, -0.2) is 0 Å². The van der Waals surface area contributed by atoms with Gasteiger partial charge in [0.05, 0.1) is 0 Å². The van der Waals surface area contributed by atoms with E-state index in [0.717, 1.165) is 6.42 Å². The van der Waals surface area contributed by atoms with Crippen molar-refractivity contribution >= 4 is 18.4 Å². The third-order valence-corrected chi connectivity index (χ3v) is 10.0. The van der Waals surface area contributed by atoms with Crippen LogP contribution in [0, 0.1) is 6.92 Å². The second-order valence-corrected chi connectivity index (χ2v) is 10.6. The normalized spacial score (nSPS) is 17.4. The van der Waals surface area contributed by atoms with Crippen LogP contribution in [0.3, 0.4) is 0 Å². The van der Waals surface area contributed by atoms with E-state index in [2.05, 4.69) is 88.0 Å². The summed E-state index contributed by atoms with van der Waals surface area (Å²) in [5.74, 6) is 0. The van der Waals surface area contributed by atoms with Crippen molar-refractivity contribution in [1.82, 2.24) is 0 Å². The molecule has 22 heavy (non-hydrogen) atoms. The molecule has 3 rings (SSSR count). The fraction of sp³-hybridized carbons (Fsp3) is 0.238. The van der Waals surface area contributed by atoms with Crippen LogP contribution in [0.25, 0.3) is 0 Å². The Morgan fingerprint density at radius 2 is 1.36 bits per heavy atom. The molecule has 0 radical (unpaired) electrons. The lowest BCUT2D eigenvalue weighted by atomic mass is 10.2. The average Bonchev–Trinajstić information content (AvgIpc) is 2.88. The van der Waals surface area contributed by atoms with Gasteiger partial charge in [-0.1, -0.05) is 89.1 Å². The summed E-state index contributed by atoms with van der Waals surface area (Å²) in [6.07, 6.45) is 3.51. The Morgan fingerprint density at radius 1 is 0.773 bits per heavy atom. The minimum atomic E-state index is -1.87. The Labute approximate surface area is 135 Å². The third kappa shape index (κ3) is 2.40. The van der Waals surface area contributed by atoms with E-state index in [1.807, 2.05) is 0 Å². The molecule has 0 fully saturated rings. The zero-order valence-corrected chi connectivity index (χ0v) is 15.0. The first kappa shape index (κ1) is 15.0. The summed E-state index contributed by atoms with van der Waals surface area (Å²) in [6.45, 7) is 9.23. The Morgan fingerprint density at radius 3 is 1.91 bits per heavy atom. The van der Waals surface area contributed by atoms with Gasteiger partial charge in [-0.05, 0) is 37.6 Å². The second kappa shape index (κ2) is 5.73. The van der Waals surface area contributed by atoms with Crippen molar-refractivity contribution in [3.8, 4) is 0 Å². The van der Waals surface area contributed by atoms with Crippen LogP contribution in [0.4, 0.5) is 0 Å². The smallest absolute Gasteiger partial charge is 0.0776 e. The fourth-order valence-electron chi connectivity index (χ4n) is 3.55. The standard InChI is InChI=1S/C21H24Si/c1-16-10-13-20(14-11-16)22(4,19-8-6-5-7-9-19)21-15-12-17(2)18(21)3/h5-14H,15H2,1-4H3. The van der Waals surface area contributed by atoms with Gasteiger partial charge >= 0.3 is 0 Å². The van der Waals surface area contributed by atoms with Gasteiger partial charge in [-0.3, -0.25) is 0 Å². The van der Waals surface area contributed by atoms with Crippen LogP contribution in [0.5, 0.6) is 0 Å². The molecule has 0 heterocycles. The van der Waals surface area contributed by atoms with Gasteiger partial charge in [0.2, 0.25) is 0 Å². The first-order valence-electron chi connectivity index (χ1n) is 8.03. The monoisotopic (exact) mass is 304 g/mol. The highest BCUT2D eigenvalue weighted by Crippen LogP contribution is 2.32. The first-order valence-corrected chi connectivity index (χ1v) is 10.5. The molecule has 1 aliphatic carbocycles. The van der Waals surface area contributed by atoms with E-state index in [0.29, 0.717) is 0 Å². The molecule has 0 aromatic heterocycles. The Balaban J connectivity index is 2.22. The molecule has 2 aromatic carbocycles. The first-order chi connectivity index (χ1) is 10.5. The SMILES string of the molecule is CC1=CCC([Si](C)(c2ccccc2)c2ccc(C)cc2)=C1C. The third-order valence-electron chi connectivity index (χ3n) is 5.24. The van der Waals surface area contributed by atoms with Crippen LogP contribution in [0.2, 0.25) is 6.55 Å². The summed E-state index contributed by atoms with van der Waals surface area (Å²) in [6, 6.07) is 20.3. The number of rotatable bonds is 3. The van der Waals surface area contributed by atoms with E-state index < -0.39 is 8.07 Å². The molecule has 1 unspecified atom stereocenters. The van der Waals surface area contributed by atoms with Crippen LogP contribution >= 0.6 is 0 Å². The maximum absolute atomic E-state index is 2.51. The molecule has 1 aliphatic rings. The Kier molecular flexibility index (Phi) is 3.92. The van der Waals surface area contributed by atoms with Gasteiger partial charge in [0, 0.05) is 0 Å². The van der Waals surface area contributed by atoms with Crippen molar-refractivity contribution in [2.24, 2.45) is 0 Å². The summed E-state index contributed by atoms with van der Waals surface area (Å²) in [7, 11) is -1.87. The summed E-state index contributed by atoms with van der Waals surface area (Å²) in [4.78, 5) is 0. The zero-order valence-electron chi connectivity index (χ0n) is 14.0. The van der Waals surface area contributed by atoms with Crippen molar-refractivity contribution in [2.75, 3.05) is 0 Å². The summed E-state index contributed by atoms with van der Waals surface area (Å²) in [5.41, 5.74) is 4.30. The molecule has 0 nitrogen and oxygen atoms in total. The lowest BCUT2D eigenvalue weighted by molar-refractivity contribution is 1.33. The summed E-state index contributed by atoms with van der Waals surface area (Å²) < 4.78 is 0. The lowest BCUT2D eigenvalue weighted by Crippen LogP contribution is -2.57. The second-order valence-electron chi connectivity index (χ2n) is 6.55. The molecule has 0 spiro atoms. The van der Waals surface area contributed by atoms with E-state index in [1.54, 1.807) is 5.20 Å². The fourth-order valence-corrected chi connectivity index (χ4v) is 7.73. The summed E-state index contributed by atoms with van der Waals surface area (Å²) >= 11 is 0. The lowest BCUT2D eigenvalue weighted by Gasteiger charge is -2.32. The molecular formula is C21H24Si.